The molecule has 1 aliphatic carbocycles. The van der Waals surface area contributed by atoms with Crippen LogP contribution in [0.2, 0.25) is 0 Å². The lowest BCUT2D eigenvalue weighted by molar-refractivity contribution is -0.385. The van der Waals surface area contributed by atoms with Crippen LogP contribution in [0, 0.1) is 10.1 Å². The predicted octanol–water partition coefficient (Wildman–Crippen LogP) is 3.27. The zero-order valence-electron chi connectivity index (χ0n) is 20.7. The van der Waals surface area contributed by atoms with Crippen molar-refractivity contribution in [2.75, 3.05) is 18.5 Å². The number of esters is 2. The van der Waals surface area contributed by atoms with Gasteiger partial charge in [-0.25, -0.2) is 4.79 Å². The molecular weight excluding hydrogens is 518 g/mol. The number of amides is 3. The Morgan fingerprint density at radius 3 is 2.58 bits per heavy atom. The number of aryl methyl sites for hydroxylation is 1. The van der Waals surface area contributed by atoms with Crippen molar-refractivity contribution in [3.63, 3.8) is 0 Å². The topological polar surface area (TPSA) is 162 Å². The van der Waals surface area contributed by atoms with Crippen molar-refractivity contribution in [2.45, 2.75) is 52.1 Å². The van der Waals surface area contributed by atoms with Gasteiger partial charge in [0.05, 0.1) is 22.7 Å². The number of rotatable bonds is 9. The van der Waals surface area contributed by atoms with Crippen molar-refractivity contribution >= 4 is 51.7 Å². The summed E-state index contributed by atoms with van der Waals surface area (Å²) in [6, 6.07) is 3.63. The maximum absolute atomic E-state index is 13.0. The highest BCUT2D eigenvalue weighted by Gasteiger charge is 2.42. The fraction of sp³-hybridized carbons (Fsp3) is 0.400. The molecule has 0 bridgehead atoms. The van der Waals surface area contributed by atoms with Gasteiger partial charge in [-0.15, -0.1) is 11.3 Å². The lowest BCUT2D eigenvalue weighted by atomic mass is 9.95. The van der Waals surface area contributed by atoms with Crippen LogP contribution in [0.25, 0.3) is 0 Å². The Bertz CT molecular complexity index is 1350. The summed E-state index contributed by atoms with van der Waals surface area (Å²) in [6.07, 6.45) is 2.17. The molecule has 0 fully saturated rings. The molecule has 1 N–H and O–H groups in total. The van der Waals surface area contributed by atoms with E-state index in [9.17, 15) is 34.1 Å². The molecule has 1 aromatic heterocycles. The molecule has 1 unspecified atom stereocenters. The molecule has 0 saturated carbocycles. The third kappa shape index (κ3) is 5.01. The molecule has 1 atom stereocenters. The first-order valence-corrected chi connectivity index (χ1v) is 12.9. The maximum Gasteiger partial charge on any atom is 0.341 e. The normalized spacial score (nSPS) is 14.9. The molecule has 0 saturated heterocycles. The second-order valence-corrected chi connectivity index (χ2v) is 9.77. The van der Waals surface area contributed by atoms with Crippen LogP contribution >= 0.6 is 11.3 Å². The number of nitrogens with zero attached hydrogens (tertiary/aromatic N) is 2. The molecule has 2 aliphatic rings. The standard InChI is InChI=1S/C25H25N3O9S/c1-3-16(21(30)26-22-20(25(33)36-4-2)13-8-5-6-11-17(13)38-22)37-18(29)12-27-23(31)14-9-7-10-15(28(34)35)19(14)24(27)32/h7,9-10,16H,3-6,8,11-12H2,1-2H3,(H,26,30). The fourth-order valence-corrected chi connectivity index (χ4v) is 5.80. The number of carbonyl (C=O) groups is 5. The highest BCUT2D eigenvalue weighted by Crippen LogP contribution is 2.39. The molecule has 3 amide bonds. The lowest BCUT2D eigenvalue weighted by Gasteiger charge is -2.18. The Kier molecular flexibility index (Phi) is 7.86. The molecule has 4 rings (SSSR count). The quantitative estimate of drug-likeness (QED) is 0.216. The monoisotopic (exact) mass is 543 g/mol. The average Bonchev–Trinajstić information content (AvgIpc) is 3.37. The average molecular weight is 544 g/mol. The van der Waals surface area contributed by atoms with Gasteiger partial charge in [0.25, 0.3) is 23.4 Å². The molecule has 1 aromatic carbocycles. The Morgan fingerprint density at radius 1 is 1.16 bits per heavy atom. The summed E-state index contributed by atoms with van der Waals surface area (Å²) in [4.78, 5) is 75.8. The molecular formula is C25H25N3O9S. The lowest BCUT2D eigenvalue weighted by Crippen LogP contribution is -2.39. The Labute approximate surface area is 221 Å². The Balaban J connectivity index is 1.47. The number of hydrogen-bond donors (Lipinski definition) is 1. The van der Waals surface area contributed by atoms with Gasteiger partial charge < -0.3 is 14.8 Å². The van der Waals surface area contributed by atoms with Crippen molar-refractivity contribution in [1.82, 2.24) is 4.90 Å². The van der Waals surface area contributed by atoms with Gasteiger partial charge in [0.1, 0.15) is 17.1 Å². The summed E-state index contributed by atoms with van der Waals surface area (Å²) in [5, 5.41) is 14.3. The van der Waals surface area contributed by atoms with Crippen LogP contribution in [0.15, 0.2) is 18.2 Å². The number of nitro benzene ring substituents is 1. The van der Waals surface area contributed by atoms with Crippen molar-refractivity contribution < 1.29 is 38.4 Å². The number of imide groups is 1. The van der Waals surface area contributed by atoms with Crippen molar-refractivity contribution in [3.8, 4) is 0 Å². The summed E-state index contributed by atoms with van der Waals surface area (Å²) < 4.78 is 10.5. The fourth-order valence-electron chi connectivity index (χ4n) is 4.52. The van der Waals surface area contributed by atoms with E-state index in [1.807, 2.05) is 0 Å². The van der Waals surface area contributed by atoms with Crippen molar-refractivity contribution in [2.24, 2.45) is 0 Å². The second-order valence-electron chi connectivity index (χ2n) is 8.66. The van der Waals surface area contributed by atoms with Gasteiger partial charge in [0, 0.05) is 10.9 Å². The van der Waals surface area contributed by atoms with Gasteiger partial charge in [-0.3, -0.25) is 34.2 Å². The number of nitro groups is 1. The van der Waals surface area contributed by atoms with E-state index in [4.69, 9.17) is 9.47 Å². The highest BCUT2D eigenvalue weighted by atomic mass is 32.1. The van der Waals surface area contributed by atoms with E-state index < -0.39 is 58.5 Å². The summed E-state index contributed by atoms with van der Waals surface area (Å²) >= 11 is 1.29. The number of anilines is 1. The van der Waals surface area contributed by atoms with Gasteiger partial charge in [-0.1, -0.05) is 13.0 Å². The van der Waals surface area contributed by atoms with Gasteiger partial charge >= 0.3 is 11.9 Å². The molecule has 12 nitrogen and oxygen atoms in total. The molecule has 0 radical (unpaired) electrons. The van der Waals surface area contributed by atoms with Crippen LogP contribution in [-0.4, -0.2) is 58.7 Å². The Hall–Kier alpha value is -4.13. The van der Waals surface area contributed by atoms with Crippen LogP contribution in [-0.2, 0) is 31.9 Å². The number of fused-ring (bicyclic) bond motifs is 2. The minimum absolute atomic E-state index is 0.0744. The third-order valence-corrected chi connectivity index (χ3v) is 7.49. The predicted molar refractivity (Wildman–Crippen MR) is 134 cm³/mol. The van der Waals surface area contributed by atoms with Crippen LogP contribution in [0.5, 0.6) is 0 Å². The van der Waals surface area contributed by atoms with E-state index in [1.54, 1.807) is 13.8 Å². The van der Waals surface area contributed by atoms with Crippen LogP contribution in [0.3, 0.4) is 0 Å². The van der Waals surface area contributed by atoms with E-state index in [-0.39, 0.29) is 18.6 Å². The minimum atomic E-state index is -1.28. The molecule has 13 heteroatoms. The summed E-state index contributed by atoms with van der Waals surface area (Å²) in [5.74, 6) is -4.11. The molecule has 200 valence electrons. The zero-order valence-corrected chi connectivity index (χ0v) is 21.6. The van der Waals surface area contributed by atoms with Gasteiger partial charge in [-0.05, 0) is 50.7 Å². The highest BCUT2D eigenvalue weighted by molar-refractivity contribution is 7.17. The first kappa shape index (κ1) is 26.9. The molecule has 2 aromatic rings. The number of nitrogens with one attached hydrogen (secondary N) is 1. The van der Waals surface area contributed by atoms with E-state index in [0.29, 0.717) is 21.9 Å². The second kappa shape index (κ2) is 11.1. The van der Waals surface area contributed by atoms with Crippen molar-refractivity contribution in [1.29, 1.82) is 0 Å². The third-order valence-electron chi connectivity index (χ3n) is 6.29. The first-order chi connectivity index (χ1) is 18.2. The summed E-state index contributed by atoms with van der Waals surface area (Å²) in [6.45, 7) is 2.64. The van der Waals surface area contributed by atoms with Gasteiger partial charge in [-0.2, -0.15) is 0 Å². The first-order valence-electron chi connectivity index (χ1n) is 12.1. The van der Waals surface area contributed by atoms with Crippen molar-refractivity contribution in [3.05, 3.63) is 55.4 Å². The Morgan fingerprint density at radius 2 is 1.89 bits per heavy atom. The SMILES string of the molecule is CCOC(=O)c1c(NC(=O)C(CC)OC(=O)CN2C(=O)c3cccc([N+](=O)[O-])c3C2=O)sc2c1CCCC2. The number of carbonyl (C=O) groups excluding carboxylic acids is 5. The number of benzene rings is 1. The summed E-state index contributed by atoms with van der Waals surface area (Å²) in [5.41, 5.74) is 0.0511. The maximum atomic E-state index is 13.0. The van der Waals surface area contributed by atoms with Crippen LogP contribution < -0.4 is 5.32 Å². The number of thiophene rings is 1. The van der Waals surface area contributed by atoms with E-state index in [1.165, 1.54) is 23.5 Å². The summed E-state index contributed by atoms with van der Waals surface area (Å²) in [7, 11) is 0. The number of hydrogen-bond acceptors (Lipinski definition) is 10. The van der Waals surface area contributed by atoms with Crippen LogP contribution in [0.1, 0.15) is 74.6 Å². The molecule has 0 spiro atoms. The van der Waals surface area contributed by atoms with E-state index in [2.05, 4.69) is 5.32 Å². The zero-order chi connectivity index (χ0) is 27.6. The van der Waals surface area contributed by atoms with Crippen LogP contribution in [0.4, 0.5) is 10.7 Å². The van der Waals surface area contributed by atoms with Gasteiger partial charge in [0.15, 0.2) is 6.10 Å². The largest absolute Gasteiger partial charge is 0.462 e. The van der Waals surface area contributed by atoms with E-state index >= 15 is 0 Å². The minimum Gasteiger partial charge on any atom is -0.462 e. The molecule has 38 heavy (non-hydrogen) atoms. The smallest absolute Gasteiger partial charge is 0.341 e. The molecule has 1 aliphatic heterocycles. The van der Waals surface area contributed by atoms with Gasteiger partial charge in [0.2, 0.25) is 0 Å². The van der Waals surface area contributed by atoms with E-state index in [0.717, 1.165) is 35.8 Å². The molecule has 2 heterocycles. The number of ether oxygens (including phenoxy) is 2.